The summed E-state index contributed by atoms with van der Waals surface area (Å²) in [5, 5.41) is 10.9. The summed E-state index contributed by atoms with van der Waals surface area (Å²) >= 11 is 0. The first-order valence-electron chi connectivity index (χ1n) is 5.86. The number of hydrogen-bond acceptors (Lipinski definition) is 4. The molecular formula is C12H15N5. The molecule has 5 nitrogen and oxygen atoms in total. The van der Waals surface area contributed by atoms with E-state index in [1.807, 2.05) is 24.4 Å². The van der Waals surface area contributed by atoms with E-state index in [9.17, 15) is 0 Å². The maximum atomic E-state index is 4.40. The quantitative estimate of drug-likeness (QED) is 0.773. The van der Waals surface area contributed by atoms with Gasteiger partial charge < -0.3 is 10.6 Å². The average Bonchev–Trinajstić information content (AvgIpc) is 2.80. The zero-order valence-corrected chi connectivity index (χ0v) is 9.56. The molecule has 0 fully saturated rings. The van der Waals surface area contributed by atoms with E-state index in [1.165, 1.54) is 5.57 Å². The van der Waals surface area contributed by atoms with Crippen molar-refractivity contribution in [3.63, 3.8) is 0 Å². The zero-order chi connectivity index (χ0) is 11.5. The second kappa shape index (κ2) is 4.55. The Morgan fingerprint density at radius 3 is 3.24 bits per heavy atom. The van der Waals surface area contributed by atoms with Crippen LogP contribution in [0.1, 0.15) is 6.42 Å². The van der Waals surface area contributed by atoms with Crippen molar-refractivity contribution < 1.29 is 0 Å². The van der Waals surface area contributed by atoms with Crippen LogP contribution in [0.4, 0.5) is 5.95 Å². The van der Waals surface area contributed by atoms with Gasteiger partial charge in [0.25, 0.3) is 0 Å². The maximum Gasteiger partial charge on any atom is 0.243 e. The summed E-state index contributed by atoms with van der Waals surface area (Å²) in [5.74, 6) is 0.690. The van der Waals surface area contributed by atoms with Crippen LogP contribution < -0.4 is 10.6 Å². The van der Waals surface area contributed by atoms with Gasteiger partial charge in [-0.1, -0.05) is 17.7 Å². The lowest BCUT2D eigenvalue weighted by Gasteiger charge is -2.13. The molecule has 17 heavy (non-hydrogen) atoms. The Balaban J connectivity index is 1.70. The Morgan fingerprint density at radius 1 is 1.41 bits per heavy atom. The fourth-order valence-corrected chi connectivity index (χ4v) is 1.93. The molecule has 2 aromatic rings. The normalized spacial score (nSPS) is 15.9. The van der Waals surface area contributed by atoms with Gasteiger partial charge in [0.2, 0.25) is 5.95 Å². The molecule has 0 radical (unpaired) electrons. The number of nitrogens with one attached hydrogen (secondary N) is 2. The maximum absolute atomic E-state index is 4.40. The van der Waals surface area contributed by atoms with E-state index in [2.05, 4.69) is 26.8 Å². The van der Waals surface area contributed by atoms with E-state index in [4.69, 9.17) is 0 Å². The molecule has 1 aliphatic rings. The van der Waals surface area contributed by atoms with E-state index >= 15 is 0 Å². The van der Waals surface area contributed by atoms with Gasteiger partial charge in [0.15, 0.2) is 5.65 Å². The van der Waals surface area contributed by atoms with Crippen molar-refractivity contribution in [3.05, 3.63) is 36.0 Å². The molecule has 1 aliphatic heterocycles. The smallest absolute Gasteiger partial charge is 0.243 e. The second-order valence-electron chi connectivity index (χ2n) is 4.11. The van der Waals surface area contributed by atoms with Crippen LogP contribution in [0, 0.1) is 0 Å². The standard InChI is InChI=1S/C12H15N5/c1-2-8-17-11(3-1)15-12(16-17)14-9-10-4-6-13-7-5-10/h1-4,8,13H,5-7,9H2,(H,14,16). The minimum atomic E-state index is 0.690. The van der Waals surface area contributed by atoms with Gasteiger partial charge in [-0.05, 0) is 25.1 Å². The predicted molar refractivity (Wildman–Crippen MR) is 67.0 cm³/mol. The molecule has 0 aromatic carbocycles. The van der Waals surface area contributed by atoms with Gasteiger partial charge in [-0.25, -0.2) is 4.52 Å². The van der Waals surface area contributed by atoms with Crippen molar-refractivity contribution in [1.82, 2.24) is 19.9 Å². The third-order valence-electron chi connectivity index (χ3n) is 2.87. The van der Waals surface area contributed by atoms with Crippen molar-refractivity contribution in [2.24, 2.45) is 0 Å². The molecule has 5 heteroatoms. The summed E-state index contributed by atoms with van der Waals surface area (Å²) in [6, 6.07) is 5.85. The third-order valence-corrected chi connectivity index (χ3v) is 2.87. The van der Waals surface area contributed by atoms with Crippen LogP contribution >= 0.6 is 0 Å². The van der Waals surface area contributed by atoms with Crippen LogP contribution in [0.5, 0.6) is 0 Å². The topological polar surface area (TPSA) is 54.2 Å². The molecule has 0 spiro atoms. The van der Waals surface area contributed by atoms with Gasteiger partial charge in [0.05, 0.1) is 0 Å². The number of fused-ring (bicyclic) bond motifs is 1. The first-order chi connectivity index (χ1) is 8.42. The highest BCUT2D eigenvalue weighted by molar-refractivity contribution is 5.43. The minimum absolute atomic E-state index is 0.690. The predicted octanol–water partition coefficient (Wildman–Crippen LogP) is 1.06. The summed E-state index contributed by atoms with van der Waals surface area (Å²) in [5.41, 5.74) is 2.29. The Hall–Kier alpha value is -1.88. The minimum Gasteiger partial charge on any atom is -0.349 e. The molecule has 2 N–H and O–H groups in total. The van der Waals surface area contributed by atoms with Gasteiger partial charge in [-0.15, -0.1) is 5.10 Å². The summed E-state index contributed by atoms with van der Waals surface area (Å²) in [6.45, 7) is 2.86. The Morgan fingerprint density at radius 2 is 2.41 bits per heavy atom. The number of rotatable bonds is 3. The molecular weight excluding hydrogens is 214 g/mol. The third kappa shape index (κ3) is 2.29. The lowest BCUT2D eigenvalue weighted by Crippen LogP contribution is -2.23. The molecule has 88 valence electrons. The Bertz CT molecular complexity index is 510. The number of anilines is 1. The number of pyridine rings is 1. The van der Waals surface area contributed by atoms with Crippen molar-refractivity contribution in [1.29, 1.82) is 0 Å². The number of nitrogens with zero attached hydrogens (tertiary/aromatic N) is 3. The van der Waals surface area contributed by atoms with Crippen LogP contribution in [-0.2, 0) is 0 Å². The Labute approximate surface area is 99.6 Å². The van der Waals surface area contributed by atoms with Crippen LogP contribution in [0.25, 0.3) is 5.65 Å². The number of aromatic nitrogens is 3. The molecule has 0 saturated heterocycles. The lowest BCUT2D eigenvalue weighted by atomic mass is 10.1. The lowest BCUT2D eigenvalue weighted by molar-refractivity contribution is 0.697. The van der Waals surface area contributed by atoms with E-state index in [0.717, 1.165) is 31.7 Å². The molecule has 0 amide bonds. The molecule has 3 heterocycles. The second-order valence-corrected chi connectivity index (χ2v) is 4.11. The van der Waals surface area contributed by atoms with Crippen molar-refractivity contribution in [2.45, 2.75) is 6.42 Å². The molecule has 2 aromatic heterocycles. The van der Waals surface area contributed by atoms with Crippen molar-refractivity contribution in [2.75, 3.05) is 25.0 Å². The summed E-state index contributed by atoms with van der Waals surface area (Å²) in [4.78, 5) is 4.40. The molecule has 3 rings (SSSR count). The van der Waals surface area contributed by atoms with Crippen LogP contribution in [0.3, 0.4) is 0 Å². The summed E-state index contributed by atoms with van der Waals surface area (Å²) in [7, 11) is 0. The van der Waals surface area contributed by atoms with Crippen LogP contribution in [0.15, 0.2) is 36.0 Å². The van der Waals surface area contributed by atoms with Gasteiger partial charge in [0.1, 0.15) is 0 Å². The van der Waals surface area contributed by atoms with Gasteiger partial charge in [-0.2, -0.15) is 4.98 Å². The number of hydrogen-bond donors (Lipinski definition) is 2. The first kappa shape index (κ1) is 10.3. The molecule has 0 atom stereocenters. The highest BCUT2D eigenvalue weighted by Gasteiger charge is 2.05. The highest BCUT2D eigenvalue weighted by atomic mass is 15.3. The van der Waals surface area contributed by atoms with Crippen LogP contribution in [0.2, 0.25) is 0 Å². The van der Waals surface area contributed by atoms with E-state index in [-0.39, 0.29) is 0 Å². The molecule has 0 unspecified atom stereocenters. The average molecular weight is 229 g/mol. The van der Waals surface area contributed by atoms with E-state index < -0.39 is 0 Å². The fourth-order valence-electron chi connectivity index (χ4n) is 1.93. The van der Waals surface area contributed by atoms with Gasteiger partial charge in [-0.3, -0.25) is 0 Å². The van der Waals surface area contributed by atoms with E-state index in [0.29, 0.717) is 5.95 Å². The van der Waals surface area contributed by atoms with Gasteiger partial charge in [0, 0.05) is 19.3 Å². The zero-order valence-electron chi connectivity index (χ0n) is 9.56. The highest BCUT2D eigenvalue weighted by Crippen LogP contribution is 2.08. The Kier molecular flexibility index (Phi) is 2.75. The first-order valence-corrected chi connectivity index (χ1v) is 5.86. The summed E-state index contributed by atoms with van der Waals surface area (Å²) < 4.78 is 1.78. The summed E-state index contributed by atoms with van der Waals surface area (Å²) in [6.07, 6.45) is 5.23. The SMILES string of the molecule is C1=C(CNc2nc3ccccn3n2)CCNC1. The fraction of sp³-hybridized carbons (Fsp3) is 0.333. The monoisotopic (exact) mass is 229 g/mol. The molecule has 0 aliphatic carbocycles. The molecule has 0 saturated carbocycles. The molecule has 0 bridgehead atoms. The van der Waals surface area contributed by atoms with Crippen molar-refractivity contribution in [3.8, 4) is 0 Å². The van der Waals surface area contributed by atoms with Crippen molar-refractivity contribution >= 4 is 11.6 Å². The van der Waals surface area contributed by atoms with Gasteiger partial charge >= 0.3 is 0 Å². The van der Waals surface area contributed by atoms with E-state index in [1.54, 1.807) is 4.52 Å². The largest absolute Gasteiger partial charge is 0.349 e. The van der Waals surface area contributed by atoms with Crippen LogP contribution in [-0.4, -0.2) is 34.2 Å².